The fourth-order valence-electron chi connectivity index (χ4n) is 1.29. The fraction of sp³-hybridized carbons (Fsp3) is 0.667. The quantitative estimate of drug-likeness (QED) is 0.472. The predicted octanol–water partition coefficient (Wildman–Crippen LogP) is 0.431. The Labute approximate surface area is 73.2 Å². The first-order valence-electron chi connectivity index (χ1n) is 4.44. The average Bonchev–Trinajstić information content (AvgIpc) is 2.45. The first kappa shape index (κ1) is 9.26. The average molecular weight is 168 g/mol. The van der Waals surface area contributed by atoms with Gasteiger partial charge in [-0.3, -0.25) is 4.79 Å². The number of hydrogen-bond donors (Lipinski definition) is 2. The lowest BCUT2D eigenvalue weighted by Crippen LogP contribution is -2.35. The van der Waals surface area contributed by atoms with Crippen LogP contribution in [0.2, 0.25) is 0 Å². The molecule has 2 N–H and O–H groups in total. The van der Waals surface area contributed by atoms with Crippen molar-refractivity contribution >= 4 is 5.91 Å². The normalized spacial score (nSPS) is 23.4. The van der Waals surface area contributed by atoms with Crippen LogP contribution in [0, 0.1) is 0 Å². The molecule has 3 heteroatoms. The lowest BCUT2D eigenvalue weighted by atomic mass is 10.2. The molecule has 1 rings (SSSR count). The molecular weight excluding hydrogens is 152 g/mol. The van der Waals surface area contributed by atoms with Gasteiger partial charge in [0.2, 0.25) is 5.91 Å². The van der Waals surface area contributed by atoms with Crippen LogP contribution >= 0.6 is 0 Å². The largest absolute Gasteiger partial charge is 0.352 e. The molecule has 0 aromatic carbocycles. The van der Waals surface area contributed by atoms with Crippen LogP contribution in [0.3, 0.4) is 0 Å². The fourth-order valence-corrected chi connectivity index (χ4v) is 1.29. The first-order valence-corrected chi connectivity index (χ1v) is 4.44. The molecule has 3 nitrogen and oxygen atoms in total. The number of allylic oxidation sites excluding steroid dienone is 1. The Bertz CT molecular complexity index is 177. The summed E-state index contributed by atoms with van der Waals surface area (Å²) in [4.78, 5) is 10.8. The molecule has 0 spiro atoms. The van der Waals surface area contributed by atoms with Crippen molar-refractivity contribution in [3.63, 3.8) is 0 Å². The smallest absolute Gasteiger partial charge is 0.220 e. The van der Waals surface area contributed by atoms with E-state index in [1.54, 1.807) is 0 Å². The number of carbonyl (C=O) groups excluding carboxylic acids is 1. The van der Waals surface area contributed by atoms with Gasteiger partial charge in [-0.05, 0) is 13.3 Å². The highest BCUT2D eigenvalue weighted by molar-refractivity contribution is 5.78. The van der Waals surface area contributed by atoms with Crippen LogP contribution in [0.4, 0.5) is 0 Å². The van der Waals surface area contributed by atoms with Crippen molar-refractivity contribution in [2.45, 2.75) is 25.8 Å². The van der Waals surface area contributed by atoms with Crippen LogP contribution in [0.5, 0.6) is 0 Å². The van der Waals surface area contributed by atoms with Crippen molar-refractivity contribution < 1.29 is 4.79 Å². The van der Waals surface area contributed by atoms with Gasteiger partial charge in [0.25, 0.3) is 0 Å². The molecule has 1 heterocycles. The molecule has 0 radical (unpaired) electrons. The highest BCUT2D eigenvalue weighted by Gasteiger charge is 2.19. The minimum Gasteiger partial charge on any atom is -0.352 e. The van der Waals surface area contributed by atoms with Crippen molar-refractivity contribution in [3.8, 4) is 0 Å². The van der Waals surface area contributed by atoms with Gasteiger partial charge >= 0.3 is 0 Å². The number of carbonyl (C=O) groups is 1. The number of nitrogens with one attached hydrogen (secondary N) is 2. The Balaban J connectivity index is 2.04. The number of rotatable bonds is 4. The maximum atomic E-state index is 10.8. The highest BCUT2D eigenvalue weighted by atomic mass is 16.1. The maximum absolute atomic E-state index is 10.8. The van der Waals surface area contributed by atoms with Gasteiger partial charge in [-0.2, -0.15) is 0 Å². The van der Waals surface area contributed by atoms with E-state index in [9.17, 15) is 4.79 Å². The summed E-state index contributed by atoms with van der Waals surface area (Å²) in [7, 11) is 0. The molecular formula is C9H16N2O. The van der Waals surface area contributed by atoms with Crippen molar-refractivity contribution in [1.82, 2.24) is 10.6 Å². The Morgan fingerprint density at radius 1 is 1.75 bits per heavy atom. The molecule has 1 aliphatic heterocycles. The van der Waals surface area contributed by atoms with Crippen LogP contribution < -0.4 is 10.6 Å². The van der Waals surface area contributed by atoms with E-state index in [1.165, 1.54) is 0 Å². The van der Waals surface area contributed by atoms with Crippen molar-refractivity contribution in [2.75, 3.05) is 13.1 Å². The molecule has 68 valence electrons. The SMILES string of the molecule is C/C=C/CNCC1CCC(=O)N1. The summed E-state index contributed by atoms with van der Waals surface area (Å²) in [6, 6.07) is 0.350. The van der Waals surface area contributed by atoms with Gasteiger partial charge in [-0.15, -0.1) is 0 Å². The molecule has 0 bridgehead atoms. The summed E-state index contributed by atoms with van der Waals surface area (Å²) in [6.45, 7) is 3.78. The van der Waals surface area contributed by atoms with Crippen LogP contribution in [0.25, 0.3) is 0 Å². The predicted molar refractivity (Wildman–Crippen MR) is 48.8 cm³/mol. The van der Waals surface area contributed by atoms with Crippen molar-refractivity contribution in [2.24, 2.45) is 0 Å². The third-order valence-corrected chi connectivity index (χ3v) is 1.97. The summed E-state index contributed by atoms with van der Waals surface area (Å²) in [6.07, 6.45) is 5.74. The van der Waals surface area contributed by atoms with Gasteiger partial charge in [0.1, 0.15) is 0 Å². The molecule has 0 aromatic heterocycles. The molecule has 1 fully saturated rings. The zero-order valence-electron chi connectivity index (χ0n) is 7.47. The van der Waals surface area contributed by atoms with E-state index in [2.05, 4.69) is 16.7 Å². The summed E-state index contributed by atoms with van der Waals surface area (Å²) < 4.78 is 0. The lowest BCUT2D eigenvalue weighted by molar-refractivity contribution is -0.119. The minimum absolute atomic E-state index is 0.188. The molecule has 1 amide bonds. The second-order valence-corrected chi connectivity index (χ2v) is 3.03. The lowest BCUT2D eigenvalue weighted by Gasteiger charge is -2.09. The topological polar surface area (TPSA) is 41.1 Å². The van der Waals surface area contributed by atoms with Crippen molar-refractivity contribution in [3.05, 3.63) is 12.2 Å². The van der Waals surface area contributed by atoms with Crippen molar-refractivity contribution in [1.29, 1.82) is 0 Å². The van der Waals surface area contributed by atoms with Crippen LogP contribution in [0.15, 0.2) is 12.2 Å². The molecule has 1 unspecified atom stereocenters. The Morgan fingerprint density at radius 2 is 2.58 bits per heavy atom. The van der Waals surface area contributed by atoms with Gasteiger partial charge in [0.15, 0.2) is 0 Å². The van der Waals surface area contributed by atoms with Gasteiger partial charge in [0, 0.05) is 25.6 Å². The van der Waals surface area contributed by atoms with E-state index in [1.807, 2.05) is 13.0 Å². The van der Waals surface area contributed by atoms with E-state index in [0.717, 1.165) is 19.5 Å². The van der Waals surface area contributed by atoms with E-state index < -0.39 is 0 Å². The molecule has 1 aliphatic rings. The first-order chi connectivity index (χ1) is 5.83. The molecule has 0 aliphatic carbocycles. The molecule has 0 saturated carbocycles. The zero-order chi connectivity index (χ0) is 8.81. The Morgan fingerprint density at radius 3 is 3.17 bits per heavy atom. The molecule has 12 heavy (non-hydrogen) atoms. The summed E-state index contributed by atoms with van der Waals surface area (Å²) in [5, 5.41) is 6.15. The van der Waals surface area contributed by atoms with E-state index >= 15 is 0 Å². The van der Waals surface area contributed by atoms with Gasteiger partial charge in [0.05, 0.1) is 0 Å². The molecule has 1 atom stereocenters. The maximum Gasteiger partial charge on any atom is 0.220 e. The van der Waals surface area contributed by atoms with E-state index in [0.29, 0.717) is 12.5 Å². The van der Waals surface area contributed by atoms with E-state index in [4.69, 9.17) is 0 Å². The molecule has 1 saturated heterocycles. The highest BCUT2D eigenvalue weighted by Crippen LogP contribution is 2.04. The van der Waals surface area contributed by atoms with Crippen LogP contribution in [-0.4, -0.2) is 25.0 Å². The second kappa shape index (κ2) is 4.93. The third kappa shape index (κ3) is 3.05. The summed E-state index contributed by atoms with van der Waals surface area (Å²) in [5.74, 6) is 0.188. The Hall–Kier alpha value is -0.830. The van der Waals surface area contributed by atoms with Crippen LogP contribution in [-0.2, 0) is 4.79 Å². The zero-order valence-corrected chi connectivity index (χ0v) is 7.47. The minimum atomic E-state index is 0.188. The number of amides is 1. The van der Waals surface area contributed by atoms with Gasteiger partial charge in [-0.25, -0.2) is 0 Å². The van der Waals surface area contributed by atoms with E-state index in [-0.39, 0.29) is 5.91 Å². The summed E-state index contributed by atoms with van der Waals surface area (Å²) >= 11 is 0. The second-order valence-electron chi connectivity index (χ2n) is 3.03. The molecule has 0 aromatic rings. The Kier molecular flexibility index (Phi) is 3.80. The third-order valence-electron chi connectivity index (χ3n) is 1.97. The number of hydrogen-bond acceptors (Lipinski definition) is 2. The van der Waals surface area contributed by atoms with Gasteiger partial charge < -0.3 is 10.6 Å². The monoisotopic (exact) mass is 168 g/mol. The van der Waals surface area contributed by atoms with Gasteiger partial charge in [-0.1, -0.05) is 12.2 Å². The summed E-state index contributed by atoms with van der Waals surface area (Å²) in [5.41, 5.74) is 0. The van der Waals surface area contributed by atoms with Crippen LogP contribution in [0.1, 0.15) is 19.8 Å². The standard InChI is InChI=1S/C9H16N2O/c1-2-3-6-10-7-8-4-5-9(12)11-8/h2-3,8,10H,4-7H2,1H3,(H,11,12)/b3-2+.